The van der Waals surface area contributed by atoms with Gasteiger partial charge in [0.2, 0.25) is 0 Å². The maximum atomic E-state index is 13.9. The zero-order valence-corrected chi connectivity index (χ0v) is 17.7. The van der Waals surface area contributed by atoms with Crippen LogP contribution in [0.15, 0.2) is 27.7 Å². The number of nitrogens with one attached hydrogen (secondary N) is 1. The van der Waals surface area contributed by atoms with Crippen LogP contribution in [0, 0.1) is 5.82 Å². The van der Waals surface area contributed by atoms with E-state index in [0.717, 1.165) is 68.4 Å². The molecule has 27 heavy (non-hydrogen) atoms. The fraction of sp³-hybridized carbons (Fsp3) is 0.650. The molecule has 0 aromatic heterocycles. The number of nitrogens with zero attached hydrogens (tertiary/aromatic N) is 3. The van der Waals surface area contributed by atoms with Crippen LogP contribution in [-0.2, 0) is 11.2 Å². The predicted octanol–water partition coefficient (Wildman–Crippen LogP) is 2.89. The first-order valence-corrected chi connectivity index (χ1v) is 10.8. The molecule has 0 bridgehead atoms. The first kappa shape index (κ1) is 20.6. The maximum Gasteiger partial charge on any atom is 0.193 e. The zero-order valence-electron chi connectivity index (χ0n) is 16.1. The fourth-order valence-electron chi connectivity index (χ4n) is 3.78. The molecule has 1 unspecified atom stereocenters. The summed E-state index contributed by atoms with van der Waals surface area (Å²) in [5.74, 6) is 0.845. The third kappa shape index (κ3) is 5.90. The van der Waals surface area contributed by atoms with Gasteiger partial charge in [-0.2, -0.15) is 0 Å². The van der Waals surface area contributed by atoms with Gasteiger partial charge in [0.25, 0.3) is 0 Å². The Hall–Kier alpha value is -1.18. The second-order valence-electron chi connectivity index (χ2n) is 7.11. The van der Waals surface area contributed by atoms with E-state index in [9.17, 15) is 4.39 Å². The number of benzene rings is 1. The van der Waals surface area contributed by atoms with Gasteiger partial charge in [-0.25, -0.2) is 4.39 Å². The van der Waals surface area contributed by atoms with Gasteiger partial charge in [0.05, 0.1) is 13.2 Å². The Morgan fingerprint density at radius 3 is 2.89 bits per heavy atom. The second-order valence-corrected chi connectivity index (χ2v) is 8.03. The van der Waals surface area contributed by atoms with E-state index in [2.05, 4.69) is 38.0 Å². The smallest absolute Gasteiger partial charge is 0.193 e. The molecule has 7 heteroatoms. The van der Waals surface area contributed by atoms with E-state index in [1.165, 1.54) is 12.5 Å². The zero-order chi connectivity index (χ0) is 19.1. The van der Waals surface area contributed by atoms with Crippen LogP contribution in [0.2, 0.25) is 0 Å². The van der Waals surface area contributed by atoms with Crippen molar-refractivity contribution in [2.45, 2.75) is 32.2 Å². The molecule has 1 atom stereocenters. The van der Waals surface area contributed by atoms with Crippen LogP contribution < -0.4 is 5.32 Å². The second kappa shape index (κ2) is 10.4. The molecular formula is C20H30BrFN4O. The molecule has 150 valence electrons. The van der Waals surface area contributed by atoms with Crippen molar-refractivity contribution in [1.82, 2.24) is 15.1 Å². The highest BCUT2D eigenvalue weighted by Crippen LogP contribution is 2.18. The molecule has 2 saturated heterocycles. The van der Waals surface area contributed by atoms with Crippen molar-refractivity contribution >= 4 is 21.9 Å². The summed E-state index contributed by atoms with van der Waals surface area (Å²) in [6, 6.07) is 5.86. The summed E-state index contributed by atoms with van der Waals surface area (Å²) in [4.78, 5) is 9.70. The van der Waals surface area contributed by atoms with Crippen molar-refractivity contribution in [3.63, 3.8) is 0 Å². The molecule has 1 aromatic carbocycles. The van der Waals surface area contributed by atoms with Gasteiger partial charge in [-0.1, -0.05) is 22.0 Å². The van der Waals surface area contributed by atoms with Crippen molar-refractivity contribution in [3.05, 3.63) is 34.1 Å². The van der Waals surface area contributed by atoms with Gasteiger partial charge in [-0.05, 0) is 43.9 Å². The van der Waals surface area contributed by atoms with E-state index >= 15 is 0 Å². The lowest BCUT2D eigenvalue weighted by atomic mass is 10.1. The predicted molar refractivity (Wildman–Crippen MR) is 111 cm³/mol. The van der Waals surface area contributed by atoms with Crippen molar-refractivity contribution < 1.29 is 9.13 Å². The average Bonchev–Trinajstić information content (AvgIpc) is 3.16. The van der Waals surface area contributed by atoms with Gasteiger partial charge in [0.15, 0.2) is 5.96 Å². The Bertz CT molecular complexity index is 636. The van der Waals surface area contributed by atoms with Gasteiger partial charge in [-0.3, -0.25) is 9.89 Å². The van der Waals surface area contributed by atoms with Gasteiger partial charge >= 0.3 is 0 Å². The van der Waals surface area contributed by atoms with E-state index in [4.69, 9.17) is 9.73 Å². The molecule has 1 N–H and O–H groups in total. The average molecular weight is 441 g/mol. The summed E-state index contributed by atoms with van der Waals surface area (Å²) >= 11 is 3.30. The van der Waals surface area contributed by atoms with Crippen molar-refractivity contribution in [2.75, 3.05) is 52.5 Å². The first-order valence-electron chi connectivity index (χ1n) is 9.96. The minimum Gasteiger partial charge on any atom is -0.379 e. The lowest BCUT2D eigenvalue weighted by molar-refractivity contribution is 0.0195. The highest BCUT2D eigenvalue weighted by Gasteiger charge is 2.30. The van der Waals surface area contributed by atoms with E-state index in [1.54, 1.807) is 0 Å². The molecular weight excluding hydrogens is 411 g/mol. The van der Waals surface area contributed by atoms with Crippen LogP contribution in [0.3, 0.4) is 0 Å². The Kier molecular flexibility index (Phi) is 7.91. The number of likely N-dealkylation sites (tertiary alicyclic amines) is 1. The lowest BCUT2D eigenvalue weighted by Gasteiger charge is -2.32. The molecule has 3 rings (SSSR count). The van der Waals surface area contributed by atoms with E-state index in [1.807, 2.05) is 12.1 Å². The summed E-state index contributed by atoms with van der Waals surface area (Å²) in [6.07, 6.45) is 2.72. The van der Waals surface area contributed by atoms with Crippen LogP contribution in [0.4, 0.5) is 4.39 Å². The van der Waals surface area contributed by atoms with Gasteiger partial charge < -0.3 is 15.0 Å². The van der Waals surface area contributed by atoms with Gasteiger partial charge in [0.1, 0.15) is 5.82 Å². The lowest BCUT2D eigenvalue weighted by Crippen LogP contribution is -2.46. The van der Waals surface area contributed by atoms with E-state index in [0.29, 0.717) is 19.0 Å². The highest BCUT2D eigenvalue weighted by molar-refractivity contribution is 9.10. The number of hydrogen-bond acceptors (Lipinski definition) is 3. The maximum absolute atomic E-state index is 13.9. The van der Waals surface area contributed by atoms with E-state index in [-0.39, 0.29) is 5.82 Å². The number of guanidine groups is 1. The Balaban J connectivity index is 1.50. The van der Waals surface area contributed by atoms with Crippen LogP contribution in [-0.4, -0.2) is 74.3 Å². The number of ether oxygens (including phenoxy) is 1. The molecule has 0 radical (unpaired) electrons. The molecule has 2 aliphatic heterocycles. The van der Waals surface area contributed by atoms with Gasteiger partial charge in [-0.15, -0.1) is 0 Å². The normalized spacial score (nSPS) is 21.7. The minimum atomic E-state index is -0.145. The summed E-state index contributed by atoms with van der Waals surface area (Å²) in [6.45, 7) is 9.48. The number of rotatable bonds is 6. The minimum absolute atomic E-state index is 0.145. The Morgan fingerprint density at radius 1 is 1.33 bits per heavy atom. The monoisotopic (exact) mass is 440 g/mol. The largest absolute Gasteiger partial charge is 0.379 e. The molecule has 0 spiro atoms. The van der Waals surface area contributed by atoms with E-state index < -0.39 is 0 Å². The topological polar surface area (TPSA) is 40.1 Å². The standard InChI is InChI=1S/C20H30BrFN4O/c1-2-23-20(24-8-3-4-16-5-6-17(21)14-19(16)22)26-9-7-18(15-26)25-10-12-27-13-11-25/h5-6,14,18H,2-4,7-13,15H2,1H3,(H,23,24). The van der Waals surface area contributed by atoms with Crippen molar-refractivity contribution in [1.29, 1.82) is 0 Å². The quantitative estimate of drug-likeness (QED) is 0.419. The number of morpholine rings is 1. The number of aryl methyl sites for hydroxylation is 1. The van der Waals surface area contributed by atoms with Crippen molar-refractivity contribution in [3.8, 4) is 0 Å². The molecule has 0 saturated carbocycles. The molecule has 2 heterocycles. The summed E-state index contributed by atoms with van der Waals surface area (Å²) in [5.41, 5.74) is 0.756. The summed E-state index contributed by atoms with van der Waals surface area (Å²) in [5, 5.41) is 3.42. The van der Waals surface area contributed by atoms with Gasteiger partial charge in [0, 0.05) is 49.8 Å². The summed E-state index contributed by atoms with van der Waals surface area (Å²) in [7, 11) is 0. The Morgan fingerprint density at radius 2 is 2.15 bits per heavy atom. The third-order valence-electron chi connectivity index (χ3n) is 5.24. The molecule has 2 fully saturated rings. The molecule has 2 aliphatic rings. The van der Waals surface area contributed by atoms with Crippen LogP contribution in [0.1, 0.15) is 25.3 Å². The van der Waals surface area contributed by atoms with Crippen molar-refractivity contribution in [2.24, 2.45) is 4.99 Å². The third-order valence-corrected chi connectivity index (χ3v) is 5.73. The fourth-order valence-corrected chi connectivity index (χ4v) is 4.11. The number of halogens is 2. The first-order chi connectivity index (χ1) is 13.2. The number of aliphatic imine (C=N–C) groups is 1. The molecule has 0 amide bonds. The molecule has 1 aromatic rings. The van der Waals surface area contributed by atoms with Crippen LogP contribution in [0.5, 0.6) is 0 Å². The Labute approximate surface area is 170 Å². The van der Waals surface area contributed by atoms with Crippen LogP contribution >= 0.6 is 15.9 Å². The molecule has 0 aliphatic carbocycles. The highest BCUT2D eigenvalue weighted by atomic mass is 79.9. The SMILES string of the molecule is CCNC(=NCCCc1ccc(Br)cc1F)N1CCC(N2CCOCC2)C1. The number of hydrogen-bond donors (Lipinski definition) is 1. The summed E-state index contributed by atoms with van der Waals surface area (Å²) < 4.78 is 20.2. The van der Waals surface area contributed by atoms with Crippen LogP contribution in [0.25, 0.3) is 0 Å². The molecule has 5 nitrogen and oxygen atoms in total.